The number of nitrogens with one attached hydrogen (secondary N) is 1. The van der Waals surface area contributed by atoms with Crippen LogP contribution in [0.4, 0.5) is 0 Å². The molecule has 0 unspecified atom stereocenters. The number of fused-ring (bicyclic) bond motifs is 1. The minimum atomic E-state index is -3.49. The van der Waals surface area contributed by atoms with Crippen LogP contribution < -0.4 is 4.72 Å². The van der Waals surface area contributed by atoms with E-state index < -0.39 is 10.0 Å². The minimum absolute atomic E-state index is 0.153. The first-order chi connectivity index (χ1) is 8.08. The van der Waals surface area contributed by atoms with Gasteiger partial charge in [0.15, 0.2) is 0 Å². The molecule has 0 saturated carbocycles. The van der Waals surface area contributed by atoms with E-state index in [0.29, 0.717) is 11.3 Å². The maximum atomic E-state index is 11.8. The van der Waals surface area contributed by atoms with Crippen LogP contribution in [0.3, 0.4) is 0 Å². The Morgan fingerprint density at radius 1 is 1.29 bits per heavy atom. The lowest BCUT2D eigenvalue weighted by atomic mass is 10.1. The Kier molecular flexibility index (Phi) is 2.03. The third kappa shape index (κ3) is 1.70. The standard InChI is InChI=1S/C11H10N2O3S/c14-11(13-5-6-13)7-9-8-3-1-2-4-10(8)17(15,16)12-9/h1-4,7,12H,5-6H2. The van der Waals surface area contributed by atoms with Crippen LogP contribution in [0, 0.1) is 0 Å². The van der Waals surface area contributed by atoms with Crippen molar-refractivity contribution in [2.24, 2.45) is 0 Å². The summed E-state index contributed by atoms with van der Waals surface area (Å²) in [5, 5.41) is 0. The molecule has 3 rings (SSSR count). The van der Waals surface area contributed by atoms with Gasteiger partial charge < -0.3 is 4.90 Å². The fourth-order valence-corrected chi connectivity index (χ4v) is 3.06. The van der Waals surface area contributed by atoms with E-state index in [2.05, 4.69) is 4.72 Å². The van der Waals surface area contributed by atoms with Gasteiger partial charge in [-0.1, -0.05) is 18.2 Å². The maximum absolute atomic E-state index is 11.8. The Bertz CT molecular complexity index is 630. The van der Waals surface area contributed by atoms with Crippen molar-refractivity contribution in [3.05, 3.63) is 35.9 Å². The molecule has 2 aliphatic heterocycles. The van der Waals surface area contributed by atoms with Crippen molar-refractivity contribution in [3.8, 4) is 0 Å². The lowest BCUT2D eigenvalue weighted by molar-refractivity contribution is -0.120. The molecule has 0 aromatic heterocycles. The summed E-state index contributed by atoms with van der Waals surface area (Å²) in [5.41, 5.74) is 0.917. The first kappa shape index (κ1) is 10.3. The fourth-order valence-electron chi connectivity index (χ4n) is 1.77. The highest BCUT2D eigenvalue weighted by atomic mass is 32.2. The number of carbonyl (C=O) groups excluding carboxylic acids is 1. The van der Waals surface area contributed by atoms with Crippen LogP contribution in [-0.2, 0) is 14.8 Å². The summed E-state index contributed by atoms with van der Waals surface area (Å²) >= 11 is 0. The van der Waals surface area contributed by atoms with Crippen molar-refractivity contribution < 1.29 is 13.2 Å². The summed E-state index contributed by atoms with van der Waals surface area (Å²) in [6, 6.07) is 6.62. The topological polar surface area (TPSA) is 66.2 Å². The summed E-state index contributed by atoms with van der Waals surface area (Å²) in [7, 11) is -3.49. The molecule has 1 N–H and O–H groups in total. The number of hydrogen-bond donors (Lipinski definition) is 1. The van der Waals surface area contributed by atoms with Crippen LogP contribution >= 0.6 is 0 Å². The van der Waals surface area contributed by atoms with Crippen molar-refractivity contribution in [2.45, 2.75) is 4.90 Å². The Morgan fingerprint density at radius 3 is 2.71 bits per heavy atom. The van der Waals surface area contributed by atoms with Gasteiger partial charge >= 0.3 is 0 Å². The monoisotopic (exact) mass is 250 g/mol. The fraction of sp³-hybridized carbons (Fsp3) is 0.182. The SMILES string of the molecule is O=C(C=C1NS(=O)(=O)c2ccccc21)N1CC1. The highest BCUT2D eigenvalue weighted by Crippen LogP contribution is 2.29. The van der Waals surface area contributed by atoms with Gasteiger partial charge in [-0.15, -0.1) is 0 Å². The molecular weight excluding hydrogens is 240 g/mol. The molecule has 0 atom stereocenters. The zero-order valence-electron chi connectivity index (χ0n) is 8.88. The highest BCUT2D eigenvalue weighted by molar-refractivity contribution is 7.90. The van der Waals surface area contributed by atoms with Crippen LogP contribution in [0.15, 0.2) is 35.2 Å². The third-order valence-corrected chi connectivity index (χ3v) is 4.16. The number of benzene rings is 1. The molecule has 1 aromatic rings. The van der Waals surface area contributed by atoms with Crippen LogP contribution in [0.2, 0.25) is 0 Å². The first-order valence-electron chi connectivity index (χ1n) is 5.21. The van der Waals surface area contributed by atoms with Crippen molar-refractivity contribution in [1.82, 2.24) is 9.62 Å². The Labute approximate surface area is 98.8 Å². The average molecular weight is 250 g/mol. The Hall–Kier alpha value is -1.82. The van der Waals surface area contributed by atoms with Crippen LogP contribution in [-0.4, -0.2) is 32.3 Å². The quantitative estimate of drug-likeness (QED) is 0.570. The second-order valence-corrected chi connectivity index (χ2v) is 5.64. The van der Waals surface area contributed by atoms with E-state index >= 15 is 0 Å². The number of rotatable bonds is 1. The summed E-state index contributed by atoms with van der Waals surface area (Å²) in [6.45, 7) is 1.49. The van der Waals surface area contributed by atoms with Gasteiger partial charge in [0.05, 0.1) is 10.6 Å². The van der Waals surface area contributed by atoms with Gasteiger partial charge in [0.1, 0.15) is 0 Å². The van der Waals surface area contributed by atoms with E-state index in [1.807, 2.05) is 0 Å². The third-order valence-electron chi connectivity index (χ3n) is 2.74. The molecule has 88 valence electrons. The second-order valence-electron chi connectivity index (χ2n) is 3.98. The molecule has 0 aliphatic carbocycles. The van der Waals surface area contributed by atoms with E-state index in [1.54, 1.807) is 23.1 Å². The molecule has 6 heteroatoms. The van der Waals surface area contributed by atoms with Gasteiger partial charge in [-0.2, -0.15) is 0 Å². The molecule has 2 aliphatic rings. The Morgan fingerprint density at radius 2 is 2.00 bits per heavy atom. The number of carbonyl (C=O) groups is 1. The van der Waals surface area contributed by atoms with Gasteiger partial charge in [0.2, 0.25) is 5.91 Å². The smallest absolute Gasteiger partial charge is 0.262 e. The first-order valence-corrected chi connectivity index (χ1v) is 6.69. The molecule has 0 radical (unpaired) electrons. The van der Waals surface area contributed by atoms with Gasteiger partial charge in [-0.05, 0) is 6.07 Å². The number of amides is 1. The van der Waals surface area contributed by atoms with Gasteiger partial charge in [-0.3, -0.25) is 9.52 Å². The molecule has 1 amide bonds. The largest absolute Gasteiger partial charge is 0.336 e. The molecule has 0 bridgehead atoms. The summed E-state index contributed by atoms with van der Waals surface area (Å²) in [5.74, 6) is -0.153. The number of hydrogen-bond acceptors (Lipinski definition) is 3. The molecule has 1 fully saturated rings. The van der Waals surface area contributed by atoms with Crippen LogP contribution in [0.5, 0.6) is 0 Å². The predicted octanol–water partition coefficient (Wildman–Crippen LogP) is 0.162. The minimum Gasteiger partial charge on any atom is -0.336 e. The zero-order valence-corrected chi connectivity index (χ0v) is 9.70. The van der Waals surface area contributed by atoms with Gasteiger partial charge in [0.25, 0.3) is 10.0 Å². The van der Waals surface area contributed by atoms with Crippen molar-refractivity contribution in [3.63, 3.8) is 0 Å². The average Bonchev–Trinajstić information content (AvgIpc) is 3.08. The second kappa shape index (κ2) is 3.33. The molecule has 1 aromatic carbocycles. The molecule has 1 saturated heterocycles. The van der Waals surface area contributed by atoms with Gasteiger partial charge in [0, 0.05) is 24.7 Å². The van der Waals surface area contributed by atoms with Crippen molar-refractivity contribution in [2.75, 3.05) is 13.1 Å². The van der Waals surface area contributed by atoms with E-state index in [1.165, 1.54) is 12.1 Å². The maximum Gasteiger partial charge on any atom is 0.262 e. The van der Waals surface area contributed by atoms with Crippen molar-refractivity contribution in [1.29, 1.82) is 0 Å². The summed E-state index contributed by atoms with van der Waals surface area (Å²) in [6.07, 6.45) is 1.34. The van der Waals surface area contributed by atoms with Crippen molar-refractivity contribution >= 4 is 21.6 Å². The van der Waals surface area contributed by atoms with E-state index in [9.17, 15) is 13.2 Å². The molecule has 5 nitrogen and oxygen atoms in total. The van der Waals surface area contributed by atoms with Crippen LogP contribution in [0.1, 0.15) is 5.56 Å². The van der Waals surface area contributed by atoms with Gasteiger partial charge in [-0.25, -0.2) is 8.42 Å². The predicted molar refractivity (Wildman–Crippen MR) is 61.3 cm³/mol. The van der Waals surface area contributed by atoms with E-state index in [-0.39, 0.29) is 10.8 Å². The summed E-state index contributed by atoms with van der Waals surface area (Å²) in [4.78, 5) is 13.5. The normalized spacial score (nSPS) is 22.1. The Balaban J connectivity index is 2.07. The van der Waals surface area contributed by atoms with Crippen LogP contribution in [0.25, 0.3) is 5.70 Å². The molecule has 17 heavy (non-hydrogen) atoms. The molecule has 2 heterocycles. The molecular formula is C11H10N2O3S. The lowest BCUT2D eigenvalue weighted by Gasteiger charge is -1.99. The van der Waals surface area contributed by atoms with E-state index in [0.717, 1.165) is 13.1 Å². The highest BCUT2D eigenvalue weighted by Gasteiger charge is 2.31. The zero-order chi connectivity index (χ0) is 12.0. The lowest BCUT2D eigenvalue weighted by Crippen LogP contribution is -2.15. The number of nitrogens with zero attached hydrogens (tertiary/aromatic N) is 1. The number of sulfonamides is 1. The molecule has 0 spiro atoms. The summed E-state index contributed by atoms with van der Waals surface area (Å²) < 4.78 is 25.9. The van der Waals surface area contributed by atoms with E-state index in [4.69, 9.17) is 0 Å².